The predicted octanol–water partition coefficient (Wildman–Crippen LogP) is 3.25. The average molecular weight is 511 g/mol. The van der Waals surface area contributed by atoms with Gasteiger partial charge in [-0.05, 0) is 51.3 Å². The summed E-state index contributed by atoms with van der Waals surface area (Å²) in [4.78, 5) is 29.0. The van der Waals surface area contributed by atoms with Crippen molar-refractivity contribution in [2.45, 2.75) is 50.5 Å². The van der Waals surface area contributed by atoms with E-state index in [-0.39, 0.29) is 17.8 Å². The maximum atomic E-state index is 14.8. The van der Waals surface area contributed by atoms with Gasteiger partial charge in [-0.2, -0.15) is 9.49 Å². The highest BCUT2D eigenvalue weighted by molar-refractivity contribution is 6.44. The van der Waals surface area contributed by atoms with Crippen LogP contribution in [0.25, 0.3) is 11.3 Å². The second-order valence-corrected chi connectivity index (χ2v) is 8.83. The Labute approximate surface area is 205 Å². The van der Waals surface area contributed by atoms with Gasteiger partial charge in [-0.3, -0.25) is 14.3 Å². The van der Waals surface area contributed by atoms with Crippen molar-refractivity contribution in [3.05, 3.63) is 41.7 Å². The van der Waals surface area contributed by atoms with E-state index in [2.05, 4.69) is 31.0 Å². The van der Waals surface area contributed by atoms with Crippen molar-refractivity contribution in [2.24, 2.45) is 7.05 Å². The Bertz CT molecular complexity index is 1140. The minimum absolute atomic E-state index is 0.00411. The molecule has 3 rings (SSSR count). The van der Waals surface area contributed by atoms with E-state index in [1.54, 1.807) is 20.0 Å². The number of nitrogens with one attached hydrogen (secondary N) is 2. The summed E-state index contributed by atoms with van der Waals surface area (Å²) in [6.45, 7) is 4.05. The van der Waals surface area contributed by atoms with Gasteiger partial charge in [0.05, 0.1) is 17.0 Å². The average Bonchev–Trinajstić information content (AvgIpc) is 3.39. The number of halogens is 3. The van der Waals surface area contributed by atoms with Gasteiger partial charge in [-0.15, -0.1) is 28.3 Å². The standard InChI is InChI=1S/C21H25Cl2FN8O2/c1-4-32-15(10-11-25-32)21(34)26-14(6-5-7-16(22)23)20(33)28-17-9-8-13(19(24)27-17)18-12(2)29-30-31(18)3/h8-11,14,16H,4-7H2,1-3H3,(H,26,34)(H,27,28,33)/t14-/m1/s1. The first-order valence-corrected chi connectivity index (χ1v) is 11.5. The number of anilines is 1. The molecule has 10 nitrogen and oxygen atoms in total. The molecule has 0 aliphatic heterocycles. The topological polar surface area (TPSA) is 120 Å². The molecule has 182 valence electrons. The third-order valence-electron chi connectivity index (χ3n) is 5.14. The van der Waals surface area contributed by atoms with E-state index in [0.29, 0.717) is 36.5 Å². The molecule has 0 saturated carbocycles. The number of rotatable bonds is 10. The van der Waals surface area contributed by atoms with Crippen LogP contribution < -0.4 is 10.6 Å². The lowest BCUT2D eigenvalue weighted by atomic mass is 10.1. The third kappa shape index (κ3) is 6.09. The zero-order chi connectivity index (χ0) is 24.8. The number of pyridine rings is 1. The number of hydrogen-bond donors (Lipinski definition) is 2. The van der Waals surface area contributed by atoms with E-state index in [1.807, 2.05) is 6.92 Å². The van der Waals surface area contributed by atoms with Gasteiger partial charge in [0, 0.05) is 19.8 Å². The van der Waals surface area contributed by atoms with Gasteiger partial charge in [-0.25, -0.2) is 9.67 Å². The van der Waals surface area contributed by atoms with E-state index >= 15 is 0 Å². The number of amides is 2. The molecule has 3 heterocycles. The van der Waals surface area contributed by atoms with Crippen LogP contribution in [0.3, 0.4) is 0 Å². The molecule has 0 aromatic carbocycles. The summed E-state index contributed by atoms with van der Waals surface area (Å²) in [6, 6.07) is 3.60. The van der Waals surface area contributed by atoms with Crippen molar-refractivity contribution >= 4 is 40.8 Å². The third-order valence-corrected chi connectivity index (χ3v) is 5.57. The SMILES string of the molecule is CCn1nccc1C(=O)N[C@H](CCCC(Cl)Cl)C(=O)Nc1ccc(-c2c(C)nnn2C)c(F)n1. The monoisotopic (exact) mass is 510 g/mol. The molecule has 3 aromatic heterocycles. The van der Waals surface area contributed by atoms with Crippen molar-refractivity contribution < 1.29 is 14.0 Å². The van der Waals surface area contributed by atoms with Crippen LogP contribution in [0.2, 0.25) is 0 Å². The van der Waals surface area contributed by atoms with E-state index in [4.69, 9.17) is 23.2 Å². The van der Waals surface area contributed by atoms with Crippen LogP contribution in [0, 0.1) is 12.9 Å². The Hall–Kier alpha value is -3.05. The quantitative estimate of drug-likeness (QED) is 0.319. The molecule has 34 heavy (non-hydrogen) atoms. The van der Waals surface area contributed by atoms with Crippen LogP contribution >= 0.6 is 23.2 Å². The van der Waals surface area contributed by atoms with Crippen LogP contribution in [0.4, 0.5) is 10.2 Å². The normalized spacial score (nSPS) is 12.1. The molecule has 0 saturated heterocycles. The first-order valence-electron chi connectivity index (χ1n) is 10.7. The Kier molecular flexibility index (Phi) is 8.56. The molecule has 1 atom stereocenters. The summed E-state index contributed by atoms with van der Waals surface area (Å²) in [5.74, 6) is -1.79. The van der Waals surface area contributed by atoms with Crippen LogP contribution in [0.15, 0.2) is 24.4 Å². The van der Waals surface area contributed by atoms with Gasteiger partial charge in [-0.1, -0.05) is 5.21 Å². The Balaban J connectivity index is 1.76. The van der Waals surface area contributed by atoms with Gasteiger partial charge in [0.25, 0.3) is 5.91 Å². The van der Waals surface area contributed by atoms with Crippen LogP contribution in [-0.4, -0.2) is 52.5 Å². The smallest absolute Gasteiger partial charge is 0.270 e. The van der Waals surface area contributed by atoms with E-state index < -0.39 is 28.6 Å². The molecule has 0 radical (unpaired) electrons. The zero-order valence-electron chi connectivity index (χ0n) is 18.9. The van der Waals surface area contributed by atoms with Crippen LogP contribution in [0.5, 0.6) is 0 Å². The molecule has 2 N–H and O–H groups in total. The molecule has 0 fully saturated rings. The molecule has 0 bridgehead atoms. The highest BCUT2D eigenvalue weighted by Crippen LogP contribution is 2.24. The molecular formula is C21H25Cl2FN8O2. The summed E-state index contributed by atoms with van der Waals surface area (Å²) in [6.07, 6.45) is 2.70. The number of carbonyl (C=O) groups excluding carboxylic acids is 2. The van der Waals surface area contributed by atoms with Crippen molar-refractivity contribution in [3.8, 4) is 11.3 Å². The number of aryl methyl sites for hydroxylation is 3. The number of alkyl halides is 2. The molecule has 0 spiro atoms. The molecule has 0 unspecified atom stereocenters. The van der Waals surface area contributed by atoms with Gasteiger partial charge >= 0.3 is 0 Å². The summed E-state index contributed by atoms with van der Waals surface area (Å²) in [5, 5.41) is 17.1. The second kappa shape index (κ2) is 11.4. The predicted molar refractivity (Wildman–Crippen MR) is 126 cm³/mol. The van der Waals surface area contributed by atoms with Crippen molar-refractivity contribution in [1.82, 2.24) is 35.1 Å². The van der Waals surface area contributed by atoms with Crippen molar-refractivity contribution in [1.29, 1.82) is 0 Å². The number of nitrogens with zero attached hydrogens (tertiary/aromatic N) is 6. The summed E-state index contributed by atoms with van der Waals surface area (Å²) >= 11 is 11.6. The number of hydrogen-bond acceptors (Lipinski definition) is 6. The first kappa shape index (κ1) is 25.6. The van der Waals surface area contributed by atoms with Gasteiger partial charge in [0.15, 0.2) is 0 Å². The van der Waals surface area contributed by atoms with Crippen molar-refractivity contribution in [2.75, 3.05) is 5.32 Å². The van der Waals surface area contributed by atoms with Gasteiger partial charge in [0.1, 0.15) is 22.4 Å². The lowest BCUT2D eigenvalue weighted by Crippen LogP contribution is -2.44. The highest BCUT2D eigenvalue weighted by Gasteiger charge is 2.24. The highest BCUT2D eigenvalue weighted by atomic mass is 35.5. The van der Waals surface area contributed by atoms with Crippen LogP contribution in [-0.2, 0) is 18.4 Å². The Morgan fingerprint density at radius 2 is 1.97 bits per heavy atom. The lowest BCUT2D eigenvalue weighted by molar-refractivity contribution is -0.118. The van der Waals surface area contributed by atoms with Gasteiger partial charge < -0.3 is 10.6 Å². The largest absolute Gasteiger partial charge is 0.339 e. The fourth-order valence-corrected chi connectivity index (χ4v) is 3.79. The summed E-state index contributed by atoms with van der Waals surface area (Å²) in [5.41, 5.74) is 1.56. The van der Waals surface area contributed by atoms with E-state index in [0.717, 1.165) is 0 Å². The lowest BCUT2D eigenvalue weighted by Gasteiger charge is -2.19. The van der Waals surface area contributed by atoms with Crippen molar-refractivity contribution in [3.63, 3.8) is 0 Å². The van der Waals surface area contributed by atoms with E-state index in [9.17, 15) is 14.0 Å². The number of carbonyl (C=O) groups is 2. The fourth-order valence-electron chi connectivity index (χ4n) is 3.48. The Morgan fingerprint density at radius 1 is 1.21 bits per heavy atom. The maximum absolute atomic E-state index is 14.8. The molecule has 0 aliphatic carbocycles. The number of aromatic nitrogens is 6. The molecule has 2 amide bonds. The minimum Gasteiger partial charge on any atom is -0.339 e. The zero-order valence-corrected chi connectivity index (χ0v) is 20.4. The second-order valence-electron chi connectivity index (χ2n) is 7.55. The Morgan fingerprint density at radius 3 is 2.59 bits per heavy atom. The fraction of sp³-hybridized carbons (Fsp3) is 0.429. The first-order chi connectivity index (χ1) is 16.2. The molecular weight excluding hydrogens is 486 g/mol. The van der Waals surface area contributed by atoms with Gasteiger partial charge in [0.2, 0.25) is 11.9 Å². The molecule has 0 aliphatic rings. The molecule has 13 heteroatoms. The molecule has 3 aromatic rings. The summed E-state index contributed by atoms with van der Waals surface area (Å²) < 4.78 is 17.7. The summed E-state index contributed by atoms with van der Waals surface area (Å²) in [7, 11) is 1.65. The minimum atomic E-state index is -0.923. The van der Waals surface area contributed by atoms with Crippen LogP contribution in [0.1, 0.15) is 42.4 Å². The maximum Gasteiger partial charge on any atom is 0.270 e. The van der Waals surface area contributed by atoms with E-state index in [1.165, 1.54) is 27.7 Å².